The first-order valence-corrected chi connectivity index (χ1v) is 11.2. The monoisotopic (exact) mass is 438 g/mol. The molecule has 0 atom stereocenters. The Kier molecular flexibility index (Phi) is 7.68. The summed E-state index contributed by atoms with van der Waals surface area (Å²) < 4.78 is 32.4. The molecular weight excluding hydrogens is 412 g/mol. The van der Waals surface area contributed by atoms with Gasteiger partial charge in [0.15, 0.2) is 6.61 Å². The van der Waals surface area contributed by atoms with Crippen molar-refractivity contribution in [3.63, 3.8) is 0 Å². The molecule has 0 aromatic heterocycles. The molecule has 2 rings (SSSR count). The average molecular weight is 439 g/mol. The summed E-state index contributed by atoms with van der Waals surface area (Å²) in [7, 11) is -3.65. The van der Waals surface area contributed by atoms with E-state index in [1.165, 1.54) is 22.5 Å². The van der Waals surface area contributed by atoms with E-state index in [4.69, 9.17) is 16.3 Å². The molecule has 0 saturated heterocycles. The number of hydrogen-bond acceptors (Lipinski definition) is 4. The second-order valence-electron chi connectivity index (χ2n) is 6.80. The molecule has 29 heavy (non-hydrogen) atoms. The van der Waals surface area contributed by atoms with Crippen molar-refractivity contribution in [1.29, 1.82) is 0 Å². The Bertz CT molecular complexity index is 979. The highest BCUT2D eigenvalue weighted by atomic mass is 35.5. The molecule has 0 saturated carbocycles. The van der Waals surface area contributed by atoms with Gasteiger partial charge in [-0.25, -0.2) is 8.42 Å². The number of carbonyl (C=O) groups excluding carboxylic acids is 1. The minimum absolute atomic E-state index is 0.0760. The second kappa shape index (κ2) is 9.61. The van der Waals surface area contributed by atoms with Gasteiger partial charge in [-0.05, 0) is 50.1 Å². The number of ether oxygens (including phenoxy) is 1. The van der Waals surface area contributed by atoms with Crippen LogP contribution < -0.4 is 10.1 Å². The van der Waals surface area contributed by atoms with E-state index in [0.29, 0.717) is 18.8 Å². The molecule has 0 fully saturated rings. The molecule has 0 radical (unpaired) electrons. The third kappa shape index (κ3) is 5.50. The second-order valence-corrected chi connectivity index (χ2v) is 9.14. The van der Waals surface area contributed by atoms with Crippen molar-refractivity contribution >= 4 is 33.2 Å². The van der Waals surface area contributed by atoms with Gasteiger partial charge in [-0.1, -0.05) is 43.1 Å². The number of nitrogens with one attached hydrogen (secondary N) is 1. The summed E-state index contributed by atoms with van der Waals surface area (Å²) in [5, 5.41) is 2.89. The van der Waals surface area contributed by atoms with Gasteiger partial charge in [0.05, 0.1) is 15.6 Å². The van der Waals surface area contributed by atoms with Crippen LogP contribution in [0.15, 0.2) is 35.2 Å². The van der Waals surface area contributed by atoms with Crippen molar-refractivity contribution in [1.82, 2.24) is 4.31 Å². The molecule has 158 valence electrons. The fourth-order valence-corrected chi connectivity index (χ4v) is 4.84. The number of amides is 1. The van der Waals surface area contributed by atoms with Crippen molar-refractivity contribution in [2.24, 2.45) is 0 Å². The number of benzene rings is 2. The Morgan fingerprint density at radius 2 is 1.66 bits per heavy atom. The lowest BCUT2D eigenvalue weighted by Crippen LogP contribution is -2.30. The van der Waals surface area contributed by atoms with Crippen molar-refractivity contribution < 1.29 is 17.9 Å². The zero-order valence-corrected chi connectivity index (χ0v) is 18.9. The Labute approximate surface area is 177 Å². The minimum Gasteiger partial charge on any atom is -0.483 e. The summed E-state index contributed by atoms with van der Waals surface area (Å²) in [6.07, 6.45) is 0. The van der Waals surface area contributed by atoms with Crippen LogP contribution in [0.2, 0.25) is 5.02 Å². The van der Waals surface area contributed by atoms with E-state index in [9.17, 15) is 13.2 Å². The lowest BCUT2D eigenvalue weighted by atomic mass is 10.1. The molecule has 0 bridgehead atoms. The average Bonchev–Trinajstić information content (AvgIpc) is 2.63. The zero-order chi connectivity index (χ0) is 21.8. The van der Waals surface area contributed by atoms with Crippen molar-refractivity contribution in [3.05, 3.63) is 52.0 Å². The smallest absolute Gasteiger partial charge is 0.262 e. The van der Waals surface area contributed by atoms with Crippen molar-refractivity contribution in [3.8, 4) is 5.75 Å². The van der Waals surface area contributed by atoms with Crippen LogP contribution in [0, 0.1) is 20.8 Å². The normalized spacial score (nSPS) is 11.6. The summed E-state index contributed by atoms with van der Waals surface area (Å²) in [5.74, 6) is 0.235. The molecule has 0 heterocycles. The molecule has 1 N–H and O–H groups in total. The molecule has 0 spiro atoms. The van der Waals surface area contributed by atoms with Crippen LogP contribution in [0.3, 0.4) is 0 Å². The molecule has 8 heteroatoms. The number of aryl methyl sites for hydroxylation is 3. The number of sulfonamides is 1. The number of halogens is 1. The molecule has 0 unspecified atom stereocenters. The van der Waals surface area contributed by atoms with Crippen LogP contribution in [-0.4, -0.2) is 38.3 Å². The SMILES string of the molecule is CCN(CC)S(=O)(=O)c1ccc(Cl)c(NC(=O)COc2c(C)cc(C)cc2C)c1. The Morgan fingerprint density at radius 1 is 1.07 bits per heavy atom. The van der Waals surface area contributed by atoms with E-state index >= 15 is 0 Å². The van der Waals surface area contributed by atoms with E-state index in [1.807, 2.05) is 32.9 Å². The maximum absolute atomic E-state index is 12.7. The van der Waals surface area contributed by atoms with Gasteiger partial charge in [-0.15, -0.1) is 0 Å². The largest absolute Gasteiger partial charge is 0.483 e. The van der Waals surface area contributed by atoms with Gasteiger partial charge in [-0.2, -0.15) is 4.31 Å². The molecule has 0 aliphatic carbocycles. The van der Waals surface area contributed by atoms with E-state index < -0.39 is 15.9 Å². The standard InChI is InChI=1S/C21H27ClN2O4S/c1-6-24(7-2)29(26,27)17-8-9-18(22)19(12-17)23-20(25)13-28-21-15(4)10-14(3)11-16(21)5/h8-12H,6-7,13H2,1-5H3,(H,23,25). The first-order chi connectivity index (χ1) is 13.6. The van der Waals surface area contributed by atoms with Crippen LogP contribution in [0.5, 0.6) is 5.75 Å². The van der Waals surface area contributed by atoms with Gasteiger partial charge in [-0.3, -0.25) is 4.79 Å². The summed E-state index contributed by atoms with van der Waals surface area (Å²) in [6.45, 7) is 9.87. The van der Waals surface area contributed by atoms with Crippen LogP contribution in [0.25, 0.3) is 0 Å². The van der Waals surface area contributed by atoms with Crippen molar-refractivity contribution in [2.75, 3.05) is 25.0 Å². The third-order valence-electron chi connectivity index (χ3n) is 4.51. The predicted molar refractivity (Wildman–Crippen MR) is 116 cm³/mol. The Balaban J connectivity index is 2.17. The minimum atomic E-state index is -3.65. The zero-order valence-electron chi connectivity index (χ0n) is 17.4. The Morgan fingerprint density at radius 3 is 2.21 bits per heavy atom. The van der Waals surface area contributed by atoms with Crippen molar-refractivity contribution in [2.45, 2.75) is 39.5 Å². The maximum Gasteiger partial charge on any atom is 0.262 e. The fraction of sp³-hybridized carbons (Fsp3) is 0.381. The summed E-state index contributed by atoms with van der Waals surface area (Å²) in [6, 6.07) is 8.23. The summed E-state index contributed by atoms with van der Waals surface area (Å²) in [4.78, 5) is 12.5. The predicted octanol–water partition coefficient (Wildman–Crippen LogP) is 4.31. The van der Waals surface area contributed by atoms with Crippen LogP contribution in [0.4, 0.5) is 5.69 Å². The molecule has 6 nitrogen and oxygen atoms in total. The lowest BCUT2D eigenvalue weighted by Gasteiger charge is -2.19. The number of nitrogens with zero attached hydrogens (tertiary/aromatic N) is 1. The molecule has 2 aromatic rings. The maximum atomic E-state index is 12.7. The highest BCUT2D eigenvalue weighted by molar-refractivity contribution is 7.89. The van der Waals surface area contributed by atoms with Gasteiger partial charge in [0.25, 0.3) is 5.91 Å². The topological polar surface area (TPSA) is 75.7 Å². The molecule has 0 aliphatic rings. The van der Waals surface area contributed by atoms with Gasteiger partial charge in [0.2, 0.25) is 10.0 Å². The first kappa shape index (κ1) is 23.2. The number of anilines is 1. The van der Waals surface area contributed by atoms with Gasteiger partial charge in [0, 0.05) is 13.1 Å². The van der Waals surface area contributed by atoms with E-state index in [0.717, 1.165) is 16.7 Å². The Hall–Kier alpha value is -2.09. The van der Waals surface area contributed by atoms with E-state index in [-0.39, 0.29) is 22.2 Å². The third-order valence-corrected chi connectivity index (χ3v) is 6.88. The van der Waals surface area contributed by atoms with Crippen LogP contribution in [-0.2, 0) is 14.8 Å². The molecular formula is C21H27ClN2O4S. The lowest BCUT2D eigenvalue weighted by molar-refractivity contribution is -0.118. The first-order valence-electron chi connectivity index (χ1n) is 9.40. The van der Waals surface area contributed by atoms with Crippen LogP contribution >= 0.6 is 11.6 Å². The summed E-state index contributed by atoms with van der Waals surface area (Å²) >= 11 is 6.16. The number of carbonyl (C=O) groups is 1. The highest BCUT2D eigenvalue weighted by Crippen LogP contribution is 2.28. The molecule has 1 amide bonds. The quantitative estimate of drug-likeness (QED) is 0.666. The summed E-state index contributed by atoms with van der Waals surface area (Å²) in [5.41, 5.74) is 3.24. The van der Waals surface area contributed by atoms with Gasteiger partial charge < -0.3 is 10.1 Å². The fourth-order valence-electron chi connectivity index (χ4n) is 3.19. The molecule has 0 aliphatic heterocycles. The van der Waals surface area contributed by atoms with Crippen LogP contribution in [0.1, 0.15) is 30.5 Å². The van der Waals surface area contributed by atoms with Gasteiger partial charge >= 0.3 is 0 Å². The number of hydrogen-bond donors (Lipinski definition) is 1. The van der Waals surface area contributed by atoms with E-state index in [1.54, 1.807) is 13.8 Å². The van der Waals surface area contributed by atoms with Gasteiger partial charge in [0.1, 0.15) is 5.75 Å². The highest BCUT2D eigenvalue weighted by Gasteiger charge is 2.23. The van der Waals surface area contributed by atoms with E-state index in [2.05, 4.69) is 5.32 Å². The molecule has 2 aromatic carbocycles. The number of rotatable bonds is 8.